The smallest absolute Gasteiger partial charge is 0.230 e. The number of rotatable bonds is 4. The Labute approximate surface area is 150 Å². The Balaban J connectivity index is 1.44. The predicted molar refractivity (Wildman–Crippen MR) is 99.7 cm³/mol. The number of nitrogens with zero attached hydrogens (tertiary/aromatic N) is 1. The highest BCUT2D eigenvalue weighted by Gasteiger charge is 2.32. The lowest BCUT2D eigenvalue weighted by molar-refractivity contribution is -0.122. The number of hydrogen-bond donors (Lipinski definition) is 1. The zero-order valence-electron chi connectivity index (χ0n) is 14.9. The maximum Gasteiger partial charge on any atom is 0.230 e. The van der Waals surface area contributed by atoms with Gasteiger partial charge in [0.15, 0.2) is 0 Å². The fraction of sp³-hybridized carbons (Fsp3) is 0.619. The van der Waals surface area contributed by atoms with E-state index in [1.54, 1.807) is 0 Å². The van der Waals surface area contributed by atoms with Crippen LogP contribution in [0.1, 0.15) is 63.4 Å². The molecule has 0 aromatic heterocycles. The first-order valence-electron chi connectivity index (χ1n) is 9.95. The standard InChI is InChI=1S/C21H28N2O2/c24-20(13-15-5-1-2-6-15)22-18-10-9-16-11-12-23(19(16)14-18)21(25)17-7-3-4-8-17/h9-10,14-15,17H,1-8,11-13H2,(H,22,24). The molecule has 4 rings (SSSR count). The topological polar surface area (TPSA) is 49.4 Å². The molecule has 1 aromatic rings. The van der Waals surface area contributed by atoms with E-state index in [-0.39, 0.29) is 17.7 Å². The fourth-order valence-corrected chi connectivity index (χ4v) is 4.77. The first-order valence-corrected chi connectivity index (χ1v) is 9.95. The summed E-state index contributed by atoms with van der Waals surface area (Å²) in [6, 6.07) is 6.05. The van der Waals surface area contributed by atoms with Gasteiger partial charge in [-0.3, -0.25) is 9.59 Å². The second-order valence-corrected chi connectivity index (χ2v) is 7.97. The molecule has 2 saturated carbocycles. The SMILES string of the molecule is O=C(CC1CCCC1)Nc1ccc2c(c1)N(C(=O)C1CCCC1)CC2. The van der Waals surface area contributed by atoms with Crippen molar-refractivity contribution in [2.75, 3.05) is 16.8 Å². The van der Waals surface area contributed by atoms with E-state index in [0.717, 1.165) is 37.2 Å². The zero-order chi connectivity index (χ0) is 17.2. The average molecular weight is 340 g/mol. The molecule has 4 nitrogen and oxygen atoms in total. The highest BCUT2D eigenvalue weighted by molar-refractivity contribution is 5.98. The lowest BCUT2D eigenvalue weighted by atomic mass is 10.0. The van der Waals surface area contributed by atoms with Crippen LogP contribution in [-0.4, -0.2) is 18.4 Å². The Kier molecular flexibility index (Phi) is 4.78. The number of fused-ring (bicyclic) bond motifs is 1. The van der Waals surface area contributed by atoms with Crippen LogP contribution in [0.2, 0.25) is 0 Å². The second kappa shape index (κ2) is 7.19. The molecule has 1 heterocycles. The van der Waals surface area contributed by atoms with Crippen molar-refractivity contribution in [3.63, 3.8) is 0 Å². The van der Waals surface area contributed by atoms with Gasteiger partial charge in [-0.25, -0.2) is 0 Å². The maximum absolute atomic E-state index is 12.8. The molecule has 1 N–H and O–H groups in total. The van der Waals surface area contributed by atoms with Crippen LogP contribution in [0.25, 0.3) is 0 Å². The summed E-state index contributed by atoms with van der Waals surface area (Å²) >= 11 is 0. The lowest BCUT2D eigenvalue weighted by Crippen LogP contribution is -2.33. The minimum Gasteiger partial charge on any atom is -0.326 e. The summed E-state index contributed by atoms with van der Waals surface area (Å²) in [6.07, 6.45) is 10.8. The van der Waals surface area contributed by atoms with Crippen molar-refractivity contribution in [3.05, 3.63) is 23.8 Å². The predicted octanol–water partition coefficient (Wildman–Crippen LogP) is 4.28. The van der Waals surface area contributed by atoms with Crippen molar-refractivity contribution in [1.82, 2.24) is 0 Å². The Morgan fingerprint density at radius 1 is 1.04 bits per heavy atom. The van der Waals surface area contributed by atoms with Crippen LogP contribution in [0.5, 0.6) is 0 Å². The molecule has 2 amide bonds. The molecule has 3 aliphatic rings. The Morgan fingerprint density at radius 3 is 2.52 bits per heavy atom. The highest BCUT2D eigenvalue weighted by Crippen LogP contribution is 2.35. The minimum atomic E-state index is 0.110. The van der Waals surface area contributed by atoms with E-state index < -0.39 is 0 Å². The van der Waals surface area contributed by atoms with Gasteiger partial charge in [0, 0.05) is 30.3 Å². The first-order chi connectivity index (χ1) is 12.2. The van der Waals surface area contributed by atoms with Crippen molar-refractivity contribution in [3.8, 4) is 0 Å². The monoisotopic (exact) mass is 340 g/mol. The quantitative estimate of drug-likeness (QED) is 0.889. The number of benzene rings is 1. The first kappa shape index (κ1) is 16.6. The molecule has 0 saturated heterocycles. The van der Waals surface area contributed by atoms with Crippen LogP contribution >= 0.6 is 0 Å². The van der Waals surface area contributed by atoms with Gasteiger partial charge >= 0.3 is 0 Å². The Morgan fingerprint density at radius 2 is 1.76 bits per heavy atom. The van der Waals surface area contributed by atoms with E-state index in [4.69, 9.17) is 0 Å². The molecule has 134 valence electrons. The van der Waals surface area contributed by atoms with Crippen LogP contribution in [0.15, 0.2) is 18.2 Å². The van der Waals surface area contributed by atoms with Crippen molar-refractivity contribution in [1.29, 1.82) is 0 Å². The summed E-state index contributed by atoms with van der Waals surface area (Å²) in [5, 5.41) is 3.05. The normalized spacial score (nSPS) is 20.9. The number of nitrogens with one attached hydrogen (secondary N) is 1. The van der Waals surface area contributed by atoms with Crippen LogP contribution in [0.4, 0.5) is 11.4 Å². The molecule has 0 atom stereocenters. The molecule has 0 spiro atoms. The molecule has 0 radical (unpaired) electrons. The maximum atomic E-state index is 12.8. The van der Waals surface area contributed by atoms with Gasteiger partial charge in [0.25, 0.3) is 0 Å². The van der Waals surface area contributed by atoms with Gasteiger partial charge in [0.05, 0.1) is 0 Å². The number of carbonyl (C=O) groups excluding carboxylic acids is 2. The summed E-state index contributed by atoms with van der Waals surface area (Å²) in [6.45, 7) is 0.782. The third-order valence-corrected chi connectivity index (χ3v) is 6.18. The van der Waals surface area contributed by atoms with E-state index in [1.165, 1.54) is 44.1 Å². The minimum absolute atomic E-state index is 0.110. The molecular formula is C21H28N2O2. The molecular weight excluding hydrogens is 312 g/mol. The molecule has 1 aliphatic heterocycles. The van der Waals surface area contributed by atoms with E-state index in [0.29, 0.717) is 12.3 Å². The zero-order valence-corrected chi connectivity index (χ0v) is 14.9. The molecule has 2 aliphatic carbocycles. The van der Waals surface area contributed by atoms with E-state index in [9.17, 15) is 9.59 Å². The number of carbonyl (C=O) groups is 2. The van der Waals surface area contributed by atoms with Gasteiger partial charge in [-0.15, -0.1) is 0 Å². The summed E-state index contributed by atoms with van der Waals surface area (Å²) in [7, 11) is 0. The number of amides is 2. The van der Waals surface area contributed by atoms with Crippen molar-refractivity contribution in [2.45, 2.75) is 64.2 Å². The summed E-state index contributed by atoms with van der Waals surface area (Å²) < 4.78 is 0. The lowest BCUT2D eigenvalue weighted by Gasteiger charge is -2.21. The molecule has 25 heavy (non-hydrogen) atoms. The fourth-order valence-electron chi connectivity index (χ4n) is 4.77. The van der Waals surface area contributed by atoms with Crippen molar-refractivity contribution < 1.29 is 9.59 Å². The van der Waals surface area contributed by atoms with Crippen LogP contribution in [-0.2, 0) is 16.0 Å². The van der Waals surface area contributed by atoms with E-state index >= 15 is 0 Å². The van der Waals surface area contributed by atoms with Crippen molar-refractivity contribution in [2.24, 2.45) is 11.8 Å². The molecule has 0 bridgehead atoms. The Bertz CT molecular complexity index is 658. The highest BCUT2D eigenvalue weighted by atomic mass is 16.2. The number of hydrogen-bond acceptors (Lipinski definition) is 2. The molecule has 2 fully saturated rings. The van der Waals surface area contributed by atoms with Gasteiger partial charge in [-0.1, -0.05) is 31.7 Å². The summed E-state index contributed by atoms with van der Waals surface area (Å²) in [4.78, 5) is 27.1. The van der Waals surface area contributed by atoms with Crippen LogP contribution in [0.3, 0.4) is 0 Å². The summed E-state index contributed by atoms with van der Waals surface area (Å²) in [5.74, 6) is 1.14. The van der Waals surface area contributed by atoms with Crippen LogP contribution in [0, 0.1) is 11.8 Å². The largest absolute Gasteiger partial charge is 0.326 e. The average Bonchev–Trinajstić information content (AvgIpc) is 3.35. The molecule has 4 heteroatoms. The van der Waals surface area contributed by atoms with E-state index in [2.05, 4.69) is 11.4 Å². The number of anilines is 2. The molecule has 0 unspecified atom stereocenters. The third kappa shape index (κ3) is 3.58. The second-order valence-electron chi connectivity index (χ2n) is 7.97. The van der Waals surface area contributed by atoms with Gasteiger partial charge in [0.1, 0.15) is 0 Å². The third-order valence-electron chi connectivity index (χ3n) is 6.18. The van der Waals surface area contributed by atoms with E-state index in [1.807, 2.05) is 17.0 Å². The molecule has 1 aromatic carbocycles. The van der Waals surface area contributed by atoms with Gasteiger partial charge in [-0.2, -0.15) is 0 Å². The van der Waals surface area contributed by atoms with Gasteiger partial charge in [0.2, 0.25) is 11.8 Å². The van der Waals surface area contributed by atoms with Crippen LogP contribution < -0.4 is 10.2 Å². The van der Waals surface area contributed by atoms with Crippen molar-refractivity contribution >= 4 is 23.2 Å². The summed E-state index contributed by atoms with van der Waals surface area (Å²) in [5.41, 5.74) is 3.06. The van der Waals surface area contributed by atoms with Gasteiger partial charge in [-0.05, 0) is 55.7 Å². The van der Waals surface area contributed by atoms with Gasteiger partial charge < -0.3 is 10.2 Å². The Hall–Kier alpha value is -1.84.